The summed E-state index contributed by atoms with van der Waals surface area (Å²) in [6.45, 7) is 9.48. The Hall–Kier alpha value is -2.24. The van der Waals surface area contributed by atoms with Gasteiger partial charge in [0.25, 0.3) is 0 Å². The van der Waals surface area contributed by atoms with Crippen molar-refractivity contribution >= 4 is 17.6 Å². The first kappa shape index (κ1) is 20.5. The average Bonchev–Trinajstić information content (AvgIpc) is 3.17. The van der Waals surface area contributed by atoms with Gasteiger partial charge in [0.2, 0.25) is 5.91 Å². The van der Waals surface area contributed by atoms with Crippen LogP contribution in [0.2, 0.25) is 0 Å². The Labute approximate surface area is 169 Å². The third-order valence-electron chi connectivity index (χ3n) is 5.60. The molecule has 2 N–H and O–H groups in total. The minimum atomic E-state index is 0.238. The summed E-state index contributed by atoms with van der Waals surface area (Å²) >= 11 is 0. The molecule has 2 saturated heterocycles. The van der Waals surface area contributed by atoms with Crippen molar-refractivity contribution in [1.82, 2.24) is 15.5 Å². The molecule has 0 aromatic heterocycles. The summed E-state index contributed by atoms with van der Waals surface area (Å²) in [4.78, 5) is 21.5. The van der Waals surface area contributed by atoms with E-state index in [4.69, 9.17) is 0 Å². The van der Waals surface area contributed by atoms with E-state index in [-0.39, 0.29) is 5.91 Å². The zero-order valence-electron chi connectivity index (χ0n) is 17.4. The fraction of sp³-hybridized carbons (Fsp3) is 0.636. The molecule has 6 heteroatoms. The Morgan fingerprint density at radius 1 is 1.18 bits per heavy atom. The smallest absolute Gasteiger partial charge is 0.224 e. The highest BCUT2D eigenvalue weighted by molar-refractivity contribution is 5.81. The number of carbonyl (C=O) groups excluding carboxylic acids is 1. The van der Waals surface area contributed by atoms with Crippen LogP contribution in [-0.4, -0.2) is 62.1 Å². The molecule has 2 unspecified atom stereocenters. The number of anilines is 1. The highest BCUT2D eigenvalue weighted by Gasteiger charge is 2.23. The molecule has 1 aromatic rings. The van der Waals surface area contributed by atoms with E-state index in [0.29, 0.717) is 24.9 Å². The van der Waals surface area contributed by atoms with E-state index in [9.17, 15) is 4.79 Å². The van der Waals surface area contributed by atoms with Gasteiger partial charge in [0.15, 0.2) is 5.96 Å². The summed E-state index contributed by atoms with van der Waals surface area (Å²) in [5.41, 5.74) is 1.27. The van der Waals surface area contributed by atoms with E-state index in [0.717, 1.165) is 51.5 Å². The van der Waals surface area contributed by atoms with Gasteiger partial charge in [-0.15, -0.1) is 0 Å². The van der Waals surface area contributed by atoms with Crippen molar-refractivity contribution in [3.8, 4) is 0 Å². The number of rotatable bonds is 6. The second-order valence-electron chi connectivity index (χ2n) is 8.01. The van der Waals surface area contributed by atoms with Crippen molar-refractivity contribution in [2.45, 2.75) is 45.6 Å². The molecule has 2 heterocycles. The van der Waals surface area contributed by atoms with Crippen LogP contribution < -0.4 is 15.5 Å². The van der Waals surface area contributed by atoms with Crippen LogP contribution in [0.25, 0.3) is 0 Å². The fourth-order valence-electron chi connectivity index (χ4n) is 4.10. The number of amides is 1. The second-order valence-corrected chi connectivity index (χ2v) is 8.01. The predicted octanol–water partition coefficient (Wildman–Crippen LogP) is 2.47. The van der Waals surface area contributed by atoms with Crippen molar-refractivity contribution in [3.63, 3.8) is 0 Å². The van der Waals surface area contributed by atoms with Crippen LogP contribution in [0, 0.1) is 5.92 Å². The number of likely N-dealkylation sites (tertiary alicyclic amines) is 1. The number of aliphatic imine (C=N–C) groups is 1. The Morgan fingerprint density at radius 3 is 2.75 bits per heavy atom. The number of nitrogens with one attached hydrogen (secondary N) is 2. The van der Waals surface area contributed by atoms with Gasteiger partial charge in [-0.3, -0.25) is 9.79 Å². The Morgan fingerprint density at radius 2 is 2.00 bits per heavy atom. The molecular formula is C22H35N5O. The van der Waals surface area contributed by atoms with Crippen molar-refractivity contribution < 1.29 is 4.79 Å². The number of hydrogen-bond acceptors (Lipinski definition) is 3. The van der Waals surface area contributed by atoms with E-state index in [2.05, 4.69) is 64.7 Å². The highest BCUT2D eigenvalue weighted by atomic mass is 16.2. The number of carbonyl (C=O) groups is 1. The minimum absolute atomic E-state index is 0.238. The van der Waals surface area contributed by atoms with Gasteiger partial charge in [0.1, 0.15) is 0 Å². The number of guanidine groups is 1. The average molecular weight is 386 g/mol. The normalized spacial score (nSPS) is 23.0. The van der Waals surface area contributed by atoms with Crippen LogP contribution in [-0.2, 0) is 4.79 Å². The number of nitrogens with zero attached hydrogens (tertiary/aromatic N) is 3. The maximum absolute atomic E-state index is 12.4. The molecule has 28 heavy (non-hydrogen) atoms. The maximum atomic E-state index is 12.4. The molecule has 1 aromatic carbocycles. The van der Waals surface area contributed by atoms with Crippen LogP contribution in [0.1, 0.15) is 39.5 Å². The molecule has 2 fully saturated rings. The van der Waals surface area contributed by atoms with E-state index in [1.807, 2.05) is 4.90 Å². The summed E-state index contributed by atoms with van der Waals surface area (Å²) < 4.78 is 0. The standard InChI is InChI=1S/C22H35N5O/c1-3-23-22(24-13-11-21(28)27-14-7-8-18(2)16-27)25-19-12-15-26(17-19)20-9-5-4-6-10-20/h4-6,9-10,18-19H,3,7-8,11-17H2,1-2H3,(H2,23,24,25). The minimum Gasteiger partial charge on any atom is -0.369 e. The van der Waals surface area contributed by atoms with Gasteiger partial charge >= 0.3 is 0 Å². The van der Waals surface area contributed by atoms with Crippen molar-refractivity contribution in [2.75, 3.05) is 44.2 Å². The number of hydrogen-bond donors (Lipinski definition) is 2. The molecule has 0 saturated carbocycles. The van der Waals surface area contributed by atoms with Crippen molar-refractivity contribution in [1.29, 1.82) is 0 Å². The van der Waals surface area contributed by atoms with E-state index >= 15 is 0 Å². The molecular weight excluding hydrogens is 350 g/mol. The highest BCUT2D eigenvalue weighted by Crippen LogP contribution is 2.19. The van der Waals surface area contributed by atoms with Crippen molar-refractivity contribution in [3.05, 3.63) is 30.3 Å². The van der Waals surface area contributed by atoms with Crippen molar-refractivity contribution in [2.24, 2.45) is 10.9 Å². The lowest BCUT2D eigenvalue weighted by molar-refractivity contribution is -0.132. The van der Waals surface area contributed by atoms with Gasteiger partial charge in [-0.1, -0.05) is 25.1 Å². The molecule has 0 radical (unpaired) electrons. The van der Waals surface area contributed by atoms with Gasteiger partial charge in [0, 0.05) is 50.9 Å². The van der Waals surface area contributed by atoms with Crippen LogP contribution in [0.15, 0.2) is 35.3 Å². The lowest BCUT2D eigenvalue weighted by Gasteiger charge is -2.30. The third-order valence-corrected chi connectivity index (χ3v) is 5.60. The molecule has 0 bridgehead atoms. The van der Waals surface area contributed by atoms with Crippen LogP contribution in [0.4, 0.5) is 5.69 Å². The Bertz CT molecular complexity index is 648. The largest absolute Gasteiger partial charge is 0.369 e. The summed E-state index contributed by atoms with van der Waals surface area (Å²) in [6.07, 6.45) is 3.94. The molecule has 3 rings (SSSR count). The maximum Gasteiger partial charge on any atom is 0.224 e. The summed E-state index contributed by atoms with van der Waals surface area (Å²) in [5.74, 6) is 1.68. The molecule has 6 nitrogen and oxygen atoms in total. The van der Waals surface area contributed by atoms with Gasteiger partial charge in [-0.25, -0.2) is 0 Å². The Kier molecular flexibility index (Phi) is 7.57. The summed E-state index contributed by atoms with van der Waals surface area (Å²) in [7, 11) is 0. The lowest BCUT2D eigenvalue weighted by Crippen LogP contribution is -2.45. The van der Waals surface area contributed by atoms with Gasteiger partial charge in [-0.05, 0) is 44.2 Å². The molecule has 2 aliphatic heterocycles. The zero-order chi connectivity index (χ0) is 19.8. The molecule has 2 atom stereocenters. The number of para-hydroxylation sites is 1. The second kappa shape index (κ2) is 10.3. The summed E-state index contributed by atoms with van der Waals surface area (Å²) in [6, 6.07) is 10.9. The Balaban J connectivity index is 1.47. The topological polar surface area (TPSA) is 60.0 Å². The molecule has 0 aliphatic carbocycles. The number of piperidine rings is 1. The number of benzene rings is 1. The SMILES string of the molecule is CCNC(=NCCC(=O)N1CCCC(C)C1)NC1CCN(c2ccccc2)C1. The molecule has 0 spiro atoms. The van der Waals surface area contributed by atoms with Gasteiger partial charge in [0.05, 0.1) is 6.54 Å². The van der Waals surface area contributed by atoms with Gasteiger partial charge < -0.3 is 20.4 Å². The predicted molar refractivity (Wildman–Crippen MR) is 116 cm³/mol. The first-order valence-electron chi connectivity index (χ1n) is 10.8. The van der Waals surface area contributed by atoms with Crippen LogP contribution >= 0.6 is 0 Å². The monoisotopic (exact) mass is 385 g/mol. The van der Waals surface area contributed by atoms with E-state index in [1.165, 1.54) is 12.1 Å². The third kappa shape index (κ3) is 5.88. The molecule has 154 valence electrons. The van der Waals surface area contributed by atoms with E-state index in [1.54, 1.807) is 0 Å². The quantitative estimate of drug-likeness (QED) is 0.583. The molecule has 2 aliphatic rings. The zero-order valence-corrected chi connectivity index (χ0v) is 17.4. The van der Waals surface area contributed by atoms with Gasteiger partial charge in [-0.2, -0.15) is 0 Å². The fourth-order valence-corrected chi connectivity index (χ4v) is 4.10. The lowest BCUT2D eigenvalue weighted by atomic mass is 10.00. The first-order valence-corrected chi connectivity index (χ1v) is 10.8. The van der Waals surface area contributed by atoms with Crippen LogP contribution in [0.5, 0.6) is 0 Å². The first-order chi connectivity index (χ1) is 13.7. The van der Waals surface area contributed by atoms with Crippen LogP contribution in [0.3, 0.4) is 0 Å². The summed E-state index contributed by atoms with van der Waals surface area (Å²) in [5, 5.41) is 6.87. The molecule has 1 amide bonds. The van der Waals surface area contributed by atoms with E-state index < -0.39 is 0 Å².